The minimum absolute atomic E-state index is 0.00307. The summed E-state index contributed by atoms with van der Waals surface area (Å²) in [4.78, 5) is 12.4. The Labute approximate surface area is 164 Å². The molecule has 0 fully saturated rings. The highest BCUT2D eigenvalue weighted by Gasteiger charge is 2.28. The summed E-state index contributed by atoms with van der Waals surface area (Å²) in [5.74, 6) is -0.281. The van der Waals surface area contributed by atoms with Gasteiger partial charge in [-0.05, 0) is 49.7 Å². The third-order valence-electron chi connectivity index (χ3n) is 3.77. The van der Waals surface area contributed by atoms with E-state index < -0.39 is 22.0 Å². The molecule has 28 heavy (non-hydrogen) atoms. The predicted octanol–water partition coefficient (Wildman–Crippen LogP) is 2.10. The lowest BCUT2D eigenvalue weighted by Crippen LogP contribution is -2.46. The zero-order valence-corrected chi connectivity index (χ0v) is 16.7. The number of hydrogen-bond acceptors (Lipinski definition) is 6. The van der Waals surface area contributed by atoms with Crippen LogP contribution in [0.15, 0.2) is 53.6 Å². The summed E-state index contributed by atoms with van der Waals surface area (Å²) in [5.41, 5.74) is 3.32. The molecule has 0 saturated heterocycles. The van der Waals surface area contributed by atoms with Gasteiger partial charge in [-0.25, -0.2) is 13.8 Å². The molecule has 2 aromatic carbocycles. The van der Waals surface area contributed by atoms with Crippen molar-refractivity contribution in [2.24, 2.45) is 5.10 Å². The summed E-state index contributed by atoms with van der Waals surface area (Å²) in [7, 11) is -3.68. The van der Waals surface area contributed by atoms with Crippen molar-refractivity contribution in [2.75, 3.05) is 17.2 Å². The number of ether oxygens (including phenoxy) is 1. The van der Waals surface area contributed by atoms with E-state index in [2.05, 4.69) is 10.5 Å². The molecule has 0 radical (unpaired) electrons. The molecule has 150 valence electrons. The van der Waals surface area contributed by atoms with E-state index in [0.717, 1.165) is 10.6 Å². The SMILES string of the molecule is CCOc1cc(/C=N\NC(=O)[C@H](C)N(c2ccccc2)S(C)(=O)=O)ccc1O. The molecule has 2 N–H and O–H groups in total. The maximum absolute atomic E-state index is 12.4. The predicted molar refractivity (Wildman–Crippen MR) is 108 cm³/mol. The number of amides is 1. The highest BCUT2D eigenvalue weighted by molar-refractivity contribution is 7.92. The van der Waals surface area contributed by atoms with Crippen molar-refractivity contribution < 1.29 is 23.1 Å². The van der Waals surface area contributed by atoms with Crippen molar-refractivity contribution in [1.29, 1.82) is 0 Å². The van der Waals surface area contributed by atoms with Crippen LogP contribution in [0.5, 0.6) is 11.5 Å². The molecule has 9 heteroatoms. The van der Waals surface area contributed by atoms with Gasteiger partial charge in [0, 0.05) is 0 Å². The van der Waals surface area contributed by atoms with Crippen LogP contribution in [0, 0.1) is 0 Å². The quantitative estimate of drug-likeness (QED) is 0.516. The Balaban J connectivity index is 2.13. The summed E-state index contributed by atoms with van der Waals surface area (Å²) in [5, 5.41) is 13.6. The van der Waals surface area contributed by atoms with Gasteiger partial charge in [0.05, 0.1) is 24.8 Å². The van der Waals surface area contributed by atoms with Crippen LogP contribution in [0.3, 0.4) is 0 Å². The number of sulfonamides is 1. The monoisotopic (exact) mass is 405 g/mol. The first-order valence-corrected chi connectivity index (χ1v) is 10.4. The number of hydrazone groups is 1. The van der Waals surface area contributed by atoms with Gasteiger partial charge >= 0.3 is 0 Å². The van der Waals surface area contributed by atoms with Crippen LogP contribution in [0.4, 0.5) is 5.69 Å². The normalized spacial score (nSPS) is 12.5. The van der Waals surface area contributed by atoms with Gasteiger partial charge in [0.15, 0.2) is 11.5 Å². The second-order valence-electron chi connectivity index (χ2n) is 5.96. The molecule has 1 amide bonds. The number of nitrogens with one attached hydrogen (secondary N) is 1. The van der Waals surface area contributed by atoms with Crippen LogP contribution in [0.1, 0.15) is 19.4 Å². The topological polar surface area (TPSA) is 108 Å². The number of aromatic hydroxyl groups is 1. The van der Waals surface area contributed by atoms with E-state index in [1.807, 2.05) is 0 Å². The number of benzene rings is 2. The second kappa shape index (κ2) is 9.23. The maximum Gasteiger partial charge on any atom is 0.263 e. The van der Waals surface area contributed by atoms with Crippen LogP contribution in [-0.2, 0) is 14.8 Å². The number of rotatable bonds is 8. The Hall–Kier alpha value is -3.07. The van der Waals surface area contributed by atoms with E-state index in [1.165, 1.54) is 19.2 Å². The molecule has 0 spiro atoms. The van der Waals surface area contributed by atoms with Crippen LogP contribution in [0.25, 0.3) is 0 Å². The van der Waals surface area contributed by atoms with Crippen molar-refractivity contribution in [1.82, 2.24) is 5.43 Å². The molecule has 0 saturated carbocycles. The van der Waals surface area contributed by atoms with Crippen LogP contribution >= 0.6 is 0 Å². The lowest BCUT2D eigenvalue weighted by Gasteiger charge is -2.27. The third-order valence-corrected chi connectivity index (χ3v) is 5.01. The first-order chi connectivity index (χ1) is 13.2. The van der Waals surface area contributed by atoms with Gasteiger partial charge in [0.2, 0.25) is 10.0 Å². The number of phenols is 1. The number of para-hydroxylation sites is 1. The zero-order chi connectivity index (χ0) is 20.7. The zero-order valence-electron chi connectivity index (χ0n) is 15.9. The molecule has 0 heterocycles. The van der Waals surface area contributed by atoms with E-state index >= 15 is 0 Å². The largest absolute Gasteiger partial charge is 0.504 e. The first kappa shape index (κ1) is 21.2. The van der Waals surface area contributed by atoms with Gasteiger partial charge in [-0.3, -0.25) is 9.10 Å². The fraction of sp³-hybridized carbons (Fsp3) is 0.263. The van der Waals surface area contributed by atoms with Crippen molar-refractivity contribution in [3.63, 3.8) is 0 Å². The fourth-order valence-electron chi connectivity index (χ4n) is 2.53. The first-order valence-electron chi connectivity index (χ1n) is 8.57. The number of hydrogen-bond donors (Lipinski definition) is 2. The van der Waals surface area contributed by atoms with E-state index in [-0.39, 0.29) is 5.75 Å². The number of carbonyl (C=O) groups excluding carboxylic acids is 1. The highest BCUT2D eigenvalue weighted by Crippen LogP contribution is 2.26. The summed E-state index contributed by atoms with van der Waals surface area (Å²) in [6, 6.07) is 12.0. The minimum atomic E-state index is -3.68. The molecule has 0 aliphatic rings. The lowest BCUT2D eigenvalue weighted by atomic mass is 10.2. The maximum atomic E-state index is 12.4. The van der Waals surface area contributed by atoms with Crippen LogP contribution in [0.2, 0.25) is 0 Å². The van der Waals surface area contributed by atoms with E-state index in [1.54, 1.807) is 49.4 Å². The summed E-state index contributed by atoms with van der Waals surface area (Å²) in [6.45, 7) is 3.66. The smallest absolute Gasteiger partial charge is 0.263 e. The average Bonchev–Trinajstić information content (AvgIpc) is 2.64. The third kappa shape index (κ3) is 5.46. The van der Waals surface area contributed by atoms with Crippen LogP contribution < -0.4 is 14.5 Å². The Bertz CT molecular complexity index is 945. The standard InChI is InChI=1S/C19H23N3O5S/c1-4-27-18-12-15(10-11-17(18)23)13-20-21-19(24)14(2)22(28(3,25)26)16-8-6-5-7-9-16/h5-14,23H,4H2,1-3H3,(H,21,24)/b20-13-/t14-/m0/s1. The average molecular weight is 405 g/mol. The molecule has 2 aromatic rings. The van der Waals surface area contributed by atoms with Gasteiger partial charge in [-0.1, -0.05) is 18.2 Å². The molecule has 1 atom stereocenters. The van der Waals surface area contributed by atoms with Crippen molar-refractivity contribution >= 4 is 27.8 Å². The van der Waals surface area contributed by atoms with E-state index in [9.17, 15) is 18.3 Å². The van der Waals surface area contributed by atoms with Crippen molar-refractivity contribution in [2.45, 2.75) is 19.9 Å². The number of anilines is 1. The second-order valence-corrected chi connectivity index (χ2v) is 7.82. The lowest BCUT2D eigenvalue weighted by molar-refractivity contribution is -0.121. The Morgan fingerprint density at radius 3 is 2.57 bits per heavy atom. The molecule has 0 aromatic heterocycles. The fourth-order valence-corrected chi connectivity index (χ4v) is 3.70. The molecular weight excluding hydrogens is 382 g/mol. The van der Waals surface area contributed by atoms with Crippen LogP contribution in [-0.4, -0.2) is 44.6 Å². The number of carbonyl (C=O) groups is 1. The van der Waals surface area contributed by atoms with Gasteiger partial charge in [-0.2, -0.15) is 5.10 Å². The highest BCUT2D eigenvalue weighted by atomic mass is 32.2. The van der Waals surface area contributed by atoms with Crippen molar-refractivity contribution in [3.05, 3.63) is 54.1 Å². The number of nitrogens with zero attached hydrogens (tertiary/aromatic N) is 2. The Kier molecular flexibility index (Phi) is 7.00. The molecule has 2 rings (SSSR count). The van der Waals surface area contributed by atoms with Gasteiger partial charge < -0.3 is 9.84 Å². The Morgan fingerprint density at radius 2 is 1.96 bits per heavy atom. The van der Waals surface area contributed by atoms with Crippen molar-refractivity contribution in [3.8, 4) is 11.5 Å². The molecule has 0 unspecified atom stereocenters. The van der Waals surface area contributed by atoms with Gasteiger partial charge in [0.1, 0.15) is 6.04 Å². The summed E-state index contributed by atoms with van der Waals surface area (Å²) in [6.07, 6.45) is 2.42. The summed E-state index contributed by atoms with van der Waals surface area (Å²) >= 11 is 0. The summed E-state index contributed by atoms with van der Waals surface area (Å²) < 4.78 is 30.7. The minimum Gasteiger partial charge on any atom is -0.504 e. The van der Waals surface area contributed by atoms with Gasteiger partial charge in [0.25, 0.3) is 5.91 Å². The Morgan fingerprint density at radius 1 is 1.29 bits per heavy atom. The van der Waals surface area contributed by atoms with Gasteiger partial charge in [-0.15, -0.1) is 0 Å². The molecular formula is C19H23N3O5S. The molecule has 0 aliphatic carbocycles. The number of phenolic OH excluding ortho intramolecular Hbond substituents is 1. The molecule has 8 nitrogen and oxygen atoms in total. The molecule has 0 aliphatic heterocycles. The van der Waals surface area contributed by atoms with E-state index in [4.69, 9.17) is 4.74 Å². The molecule has 0 bridgehead atoms. The van der Waals surface area contributed by atoms with E-state index in [0.29, 0.717) is 23.6 Å².